The lowest BCUT2D eigenvalue weighted by atomic mass is 9.74. The predicted octanol–water partition coefficient (Wildman–Crippen LogP) is 3.76. The number of urea groups is 1. The van der Waals surface area contributed by atoms with Gasteiger partial charge in [0.2, 0.25) is 0 Å². The zero-order valence-electron chi connectivity index (χ0n) is 14.6. The fourth-order valence-electron chi connectivity index (χ4n) is 4.03. The van der Waals surface area contributed by atoms with E-state index in [0.29, 0.717) is 12.6 Å². The Morgan fingerprint density at radius 3 is 2.38 bits per heavy atom. The van der Waals surface area contributed by atoms with Crippen LogP contribution in [0.25, 0.3) is 0 Å². The lowest BCUT2D eigenvalue weighted by Crippen LogP contribution is -2.49. The second kappa shape index (κ2) is 8.52. The Labute approximate surface area is 145 Å². The Morgan fingerprint density at radius 1 is 1.04 bits per heavy atom. The van der Waals surface area contributed by atoms with Crippen LogP contribution in [0.15, 0.2) is 30.3 Å². The van der Waals surface area contributed by atoms with Crippen molar-refractivity contribution in [3.8, 4) is 0 Å². The minimum atomic E-state index is -0.0105. The molecule has 1 heterocycles. The minimum Gasteiger partial charge on any atom is -0.381 e. The summed E-state index contributed by atoms with van der Waals surface area (Å²) >= 11 is 0. The average Bonchev–Trinajstić information content (AvgIpc) is 2.90. The van der Waals surface area contributed by atoms with E-state index < -0.39 is 0 Å². The summed E-state index contributed by atoms with van der Waals surface area (Å²) in [5.41, 5.74) is 1.31. The van der Waals surface area contributed by atoms with Gasteiger partial charge in [0, 0.05) is 31.2 Å². The summed E-state index contributed by atoms with van der Waals surface area (Å²) in [6.07, 6.45) is 9.22. The van der Waals surface area contributed by atoms with Crippen LogP contribution in [0.2, 0.25) is 0 Å². The first kappa shape index (κ1) is 17.3. The zero-order chi connectivity index (χ0) is 16.7. The molecule has 2 amide bonds. The summed E-state index contributed by atoms with van der Waals surface area (Å²) in [6, 6.07) is 10.9. The Bertz CT molecular complexity index is 504. The summed E-state index contributed by atoms with van der Waals surface area (Å²) in [4.78, 5) is 12.4. The van der Waals surface area contributed by atoms with Crippen LogP contribution in [-0.2, 0) is 10.2 Å². The predicted molar refractivity (Wildman–Crippen MR) is 96.2 cm³/mol. The molecule has 0 aromatic heterocycles. The lowest BCUT2D eigenvalue weighted by molar-refractivity contribution is 0.0506. The Morgan fingerprint density at radius 2 is 1.71 bits per heavy atom. The van der Waals surface area contributed by atoms with Gasteiger partial charge in [0.25, 0.3) is 0 Å². The van der Waals surface area contributed by atoms with Crippen LogP contribution in [0, 0.1) is 0 Å². The summed E-state index contributed by atoms with van der Waals surface area (Å²) in [7, 11) is 0. The number of benzene rings is 1. The molecular weight excluding hydrogens is 300 g/mol. The number of hydrogen-bond acceptors (Lipinski definition) is 2. The van der Waals surface area contributed by atoms with Crippen molar-refractivity contribution >= 4 is 6.03 Å². The van der Waals surface area contributed by atoms with E-state index in [-0.39, 0.29) is 11.4 Å². The SMILES string of the molecule is O=C(NCC1(c2ccccc2)CCOCC1)NC1CCCCCC1. The van der Waals surface area contributed by atoms with Gasteiger partial charge in [0.1, 0.15) is 0 Å². The van der Waals surface area contributed by atoms with Crippen molar-refractivity contribution in [2.24, 2.45) is 0 Å². The number of carbonyl (C=O) groups is 1. The van der Waals surface area contributed by atoms with Crippen LogP contribution >= 0.6 is 0 Å². The molecular formula is C20H30N2O2. The quantitative estimate of drug-likeness (QED) is 0.826. The molecule has 0 spiro atoms. The molecule has 0 radical (unpaired) electrons. The summed E-state index contributed by atoms with van der Waals surface area (Å²) in [5.74, 6) is 0. The highest BCUT2D eigenvalue weighted by atomic mass is 16.5. The maximum absolute atomic E-state index is 12.4. The van der Waals surface area contributed by atoms with Crippen LogP contribution in [0.4, 0.5) is 4.79 Å². The van der Waals surface area contributed by atoms with Crippen LogP contribution in [0.3, 0.4) is 0 Å². The molecule has 0 unspecified atom stereocenters. The second-order valence-electron chi connectivity index (χ2n) is 7.27. The number of ether oxygens (including phenoxy) is 1. The Hall–Kier alpha value is -1.55. The van der Waals surface area contributed by atoms with Crippen molar-refractivity contribution in [2.45, 2.75) is 62.8 Å². The van der Waals surface area contributed by atoms with Crippen molar-refractivity contribution in [3.63, 3.8) is 0 Å². The van der Waals surface area contributed by atoms with E-state index in [2.05, 4.69) is 34.9 Å². The molecule has 1 saturated heterocycles. The smallest absolute Gasteiger partial charge is 0.315 e. The Balaban J connectivity index is 1.58. The largest absolute Gasteiger partial charge is 0.381 e. The molecule has 1 saturated carbocycles. The highest BCUT2D eigenvalue weighted by Crippen LogP contribution is 2.34. The first-order chi connectivity index (χ1) is 11.8. The van der Waals surface area contributed by atoms with E-state index in [4.69, 9.17) is 4.74 Å². The molecule has 4 nitrogen and oxygen atoms in total. The number of rotatable bonds is 4. The van der Waals surface area contributed by atoms with Crippen molar-refractivity contribution < 1.29 is 9.53 Å². The molecule has 132 valence electrons. The zero-order valence-corrected chi connectivity index (χ0v) is 14.6. The minimum absolute atomic E-state index is 0.000301. The first-order valence-corrected chi connectivity index (χ1v) is 9.46. The average molecular weight is 330 g/mol. The molecule has 2 N–H and O–H groups in total. The third kappa shape index (κ3) is 4.50. The lowest BCUT2D eigenvalue weighted by Gasteiger charge is -2.38. The summed E-state index contributed by atoms with van der Waals surface area (Å²) in [5, 5.41) is 6.34. The van der Waals surface area contributed by atoms with Gasteiger partial charge in [-0.15, -0.1) is 0 Å². The number of hydrogen-bond donors (Lipinski definition) is 2. The van der Waals surface area contributed by atoms with Crippen molar-refractivity contribution in [1.82, 2.24) is 10.6 Å². The number of amides is 2. The third-order valence-electron chi connectivity index (χ3n) is 5.61. The molecule has 2 fully saturated rings. The second-order valence-corrected chi connectivity index (χ2v) is 7.27. The van der Waals surface area contributed by atoms with E-state index in [9.17, 15) is 4.79 Å². The Kier molecular flexibility index (Phi) is 6.13. The fraction of sp³-hybridized carbons (Fsp3) is 0.650. The van der Waals surface area contributed by atoms with E-state index >= 15 is 0 Å². The van der Waals surface area contributed by atoms with Gasteiger partial charge < -0.3 is 15.4 Å². The maximum atomic E-state index is 12.4. The highest BCUT2D eigenvalue weighted by Gasteiger charge is 2.34. The van der Waals surface area contributed by atoms with Gasteiger partial charge in [0.05, 0.1) is 0 Å². The molecule has 4 heteroatoms. The van der Waals surface area contributed by atoms with Crippen LogP contribution < -0.4 is 10.6 Å². The van der Waals surface area contributed by atoms with Gasteiger partial charge in [-0.1, -0.05) is 56.0 Å². The van der Waals surface area contributed by atoms with Gasteiger partial charge in [-0.3, -0.25) is 0 Å². The monoisotopic (exact) mass is 330 g/mol. The standard InChI is InChI=1S/C20H30N2O2/c23-19(22-18-10-6-1-2-7-11-18)21-16-20(12-14-24-15-13-20)17-8-4-3-5-9-17/h3-5,8-9,18H,1-2,6-7,10-16H2,(H2,21,22,23). The molecule has 1 aliphatic heterocycles. The normalized spacial score (nSPS) is 21.7. The van der Waals surface area contributed by atoms with Crippen molar-refractivity contribution in [2.75, 3.05) is 19.8 Å². The first-order valence-electron chi connectivity index (χ1n) is 9.46. The van der Waals surface area contributed by atoms with Crippen LogP contribution in [-0.4, -0.2) is 31.8 Å². The van der Waals surface area contributed by atoms with Gasteiger partial charge in [-0.25, -0.2) is 4.79 Å². The highest BCUT2D eigenvalue weighted by molar-refractivity contribution is 5.74. The molecule has 1 aromatic carbocycles. The van der Waals surface area contributed by atoms with Crippen molar-refractivity contribution in [1.29, 1.82) is 0 Å². The number of nitrogens with one attached hydrogen (secondary N) is 2. The molecule has 3 rings (SSSR count). The summed E-state index contributed by atoms with van der Waals surface area (Å²) < 4.78 is 5.56. The topological polar surface area (TPSA) is 50.4 Å². The molecule has 1 aromatic rings. The molecule has 0 atom stereocenters. The van der Waals surface area contributed by atoms with Crippen molar-refractivity contribution in [3.05, 3.63) is 35.9 Å². The third-order valence-corrected chi connectivity index (χ3v) is 5.61. The van der Waals surface area contributed by atoms with Gasteiger partial charge in [-0.2, -0.15) is 0 Å². The molecule has 2 aliphatic rings. The maximum Gasteiger partial charge on any atom is 0.315 e. The molecule has 24 heavy (non-hydrogen) atoms. The van der Waals surface area contributed by atoms with E-state index in [1.165, 1.54) is 31.2 Å². The van der Waals surface area contributed by atoms with Gasteiger partial charge in [-0.05, 0) is 31.2 Å². The summed E-state index contributed by atoms with van der Waals surface area (Å²) in [6.45, 7) is 2.21. The van der Waals surface area contributed by atoms with Gasteiger partial charge in [0.15, 0.2) is 0 Å². The van der Waals surface area contributed by atoms with E-state index in [0.717, 1.165) is 38.9 Å². The molecule has 1 aliphatic carbocycles. The van der Waals surface area contributed by atoms with E-state index in [1.54, 1.807) is 0 Å². The van der Waals surface area contributed by atoms with Gasteiger partial charge >= 0.3 is 6.03 Å². The molecule has 0 bridgehead atoms. The van der Waals surface area contributed by atoms with Crippen LogP contribution in [0.5, 0.6) is 0 Å². The van der Waals surface area contributed by atoms with E-state index in [1.807, 2.05) is 6.07 Å². The fourth-order valence-corrected chi connectivity index (χ4v) is 4.03. The number of carbonyl (C=O) groups excluding carboxylic acids is 1. The van der Waals surface area contributed by atoms with Crippen LogP contribution in [0.1, 0.15) is 56.9 Å².